The maximum Gasteiger partial charge on any atom is 0.410 e. The number of esters is 1. The van der Waals surface area contributed by atoms with Gasteiger partial charge < -0.3 is 9.47 Å². The van der Waals surface area contributed by atoms with Crippen LogP contribution in [0.25, 0.3) is 0 Å². The van der Waals surface area contributed by atoms with Gasteiger partial charge in [-0.3, -0.25) is 10.1 Å². The fourth-order valence-corrected chi connectivity index (χ4v) is 1.23. The lowest BCUT2D eigenvalue weighted by atomic mass is 10.2. The number of alkyl carbamates (subject to hydrolysis) is 1. The zero-order valence-corrected chi connectivity index (χ0v) is 10.3. The predicted molar refractivity (Wildman–Crippen MR) is 65.6 cm³/mol. The van der Waals surface area contributed by atoms with Crippen LogP contribution in [-0.2, 0) is 20.9 Å². The van der Waals surface area contributed by atoms with E-state index in [0.717, 1.165) is 12.0 Å². The normalized spacial score (nSPS) is 9.61. The lowest BCUT2D eigenvalue weighted by molar-refractivity contribution is -0.144. The van der Waals surface area contributed by atoms with Crippen LogP contribution >= 0.6 is 0 Å². The Morgan fingerprint density at radius 3 is 2.56 bits per heavy atom. The largest absolute Gasteiger partial charge is 0.445 e. The Morgan fingerprint density at radius 1 is 1.17 bits per heavy atom. The first-order valence-electron chi connectivity index (χ1n) is 5.82. The van der Waals surface area contributed by atoms with Crippen molar-refractivity contribution >= 4 is 12.1 Å². The van der Waals surface area contributed by atoms with Crippen molar-refractivity contribution in [2.24, 2.45) is 0 Å². The van der Waals surface area contributed by atoms with E-state index < -0.39 is 6.09 Å². The van der Waals surface area contributed by atoms with Crippen molar-refractivity contribution in [3.8, 4) is 0 Å². The summed E-state index contributed by atoms with van der Waals surface area (Å²) < 4.78 is 9.68. The molecule has 0 saturated carbocycles. The van der Waals surface area contributed by atoms with Crippen LogP contribution in [-0.4, -0.2) is 18.8 Å². The standard InChI is InChI=1S/C13H17NO4/c1-2-6-12(15)18-10-14-13(16)17-9-11-7-4-3-5-8-11/h3-5,7-8H,2,6,9-10H2,1H3,(H,14,16). The average Bonchev–Trinajstić information content (AvgIpc) is 2.38. The topological polar surface area (TPSA) is 64.6 Å². The van der Waals surface area contributed by atoms with E-state index in [4.69, 9.17) is 9.47 Å². The molecule has 0 fully saturated rings. The maximum atomic E-state index is 11.2. The molecule has 0 spiro atoms. The van der Waals surface area contributed by atoms with Crippen LogP contribution in [0.2, 0.25) is 0 Å². The molecule has 0 aliphatic carbocycles. The highest BCUT2D eigenvalue weighted by atomic mass is 16.6. The van der Waals surface area contributed by atoms with E-state index in [0.29, 0.717) is 6.42 Å². The van der Waals surface area contributed by atoms with Crippen LogP contribution < -0.4 is 5.32 Å². The number of hydrogen-bond acceptors (Lipinski definition) is 4. The van der Waals surface area contributed by atoms with Crippen LogP contribution in [0.5, 0.6) is 0 Å². The van der Waals surface area contributed by atoms with Crippen molar-refractivity contribution in [2.75, 3.05) is 6.73 Å². The third-order valence-electron chi connectivity index (χ3n) is 2.12. The molecule has 0 radical (unpaired) electrons. The van der Waals surface area contributed by atoms with Gasteiger partial charge in [-0.15, -0.1) is 0 Å². The fraction of sp³-hybridized carbons (Fsp3) is 0.385. The number of hydrogen-bond donors (Lipinski definition) is 1. The van der Waals surface area contributed by atoms with Crippen molar-refractivity contribution in [3.63, 3.8) is 0 Å². The van der Waals surface area contributed by atoms with Crippen molar-refractivity contribution in [1.29, 1.82) is 0 Å². The zero-order valence-electron chi connectivity index (χ0n) is 10.3. The molecule has 18 heavy (non-hydrogen) atoms. The first-order valence-corrected chi connectivity index (χ1v) is 5.82. The van der Waals surface area contributed by atoms with Gasteiger partial charge in [0.1, 0.15) is 6.61 Å². The molecular weight excluding hydrogens is 234 g/mol. The number of amides is 1. The van der Waals surface area contributed by atoms with Gasteiger partial charge in [0.2, 0.25) is 0 Å². The second-order valence-corrected chi connectivity index (χ2v) is 3.65. The molecule has 0 aromatic heterocycles. The maximum absolute atomic E-state index is 11.2. The SMILES string of the molecule is CCCC(=O)OCNC(=O)OCc1ccccc1. The first kappa shape index (κ1) is 14.0. The summed E-state index contributed by atoms with van der Waals surface area (Å²) in [6, 6.07) is 9.33. The molecule has 98 valence electrons. The third-order valence-corrected chi connectivity index (χ3v) is 2.12. The van der Waals surface area contributed by atoms with Crippen molar-refractivity contribution in [2.45, 2.75) is 26.4 Å². The summed E-state index contributed by atoms with van der Waals surface area (Å²) in [6.45, 7) is 1.91. The molecule has 0 unspecified atom stereocenters. The molecule has 0 atom stereocenters. The van der Waals surface area contributed by atoms with Gasteiger partial charge in [0, 0.05) is 6.42 Å². The number of carbonyl (C=O) groups excluding carboxylic acids is 2. The second-order valence-electron chi connectivity index (χ2n) is 3.65. The van der Waals surface area contributed by atoms with Crippen molar-refractivity contribution in [1.82, 2.24) is 5.32 Å². The van der Waals surface area contributed by atoms with E-state index in [2.05, 4.69) is 5.32 Å². The van der Waals surface area contributed by atoms with E-state index in [1.54, 1.807) is 0 Å². The molecule has 5 heteroatoms. The number of nitrogens with one attached hydrogen (secondary N) is 1. The lowest BCUT2D eigenvalue weighted by Crippen LogP contribution is -2.28. The van der Waals surface area contributed by atoms with E-state index in [-0.39, 0.29) is 19.3 Å². The van der Waals surface area contributed by atoms with Crippen LogP contribution in [0.4, 0.5) is 4.79 Å². The van der Waals surface area contributed by atoms with Gasteiger partial charge in [0.15, 0.2) is 6.73 Å². The second kappa shape index (κ2) is 8.11. The third kappa shape index (κ3) is 5.89. The van der Waals surface area contributed by atoms with E-state index in [1.807, 2.05) is 37.3 Å². The summed E-state index contributed by atoms with van der Waals surface area (Å²) >= 11 is 0. The Hall–Kier alpha value is -2.04. The minimum absolute atomic E-state index is 0.160. The van der Waals surface area contributed by atoms with Gasteiger partial charge in [0.05, 0.1) is 0 Å². The van der Waals surface area contributed by atoms with Crippen LogP contribution in [0.3, 0.4) is 0 Å². The molecule has 0 aliphatic rings. The summed E-state index contributed by atoms with van der Waals surface area (Å²) in [5, 5.41) is 2.34. The molecule has 1 amide bonds. The minimum atomic E-state index is -0.608. The molecule has 1 rings (SSSR count). The molecule has 1 aromatic carbocycles. The van der Waals surface area contributed by atoms with Crippen molar-refractivity contribution in [3.05, 3.63) is 35.9 Å². The van der Waals surface area contributed by atoms with E-state index in [9.17, 15) is 9.59 Å². The summed E-state index contributed by atoms with van der Waals surface area (Å²) in [7, 11) is 0. The quantitative estimate of drug-likeness (QED) is 0.622. The summed E-state index contributed by atoms with van der Waals surface area (Å²) in [6.07, 6.45) is 0.459. The number of ether oxygens (including phenoxy) is 2. The zero-order chi connectivity index (χ0) is 13.2. The van der Waals surface area contributed by atoms with Gasteiger partial charge in [-0.05, 0) is 12.0 Å². The molecule has 0 bridgehead atoms. The average molecular weight is 251 g/mol. The lowest BCUT2D eigenvalue weighted by Gasteiger charge is -2.07. The molecule has 0 saturated heterocycles. The summed E-state index contributed by atoms with van der Waals surface area (Å²) in [4.78, 5) is 22.2. The van der Waals surface area contributed by atoms with Gasteiger partial charge >= 0.3 is 12.1 Å². The van der Waals surface area contributed by atoms with Crippen LogP contribution in [0, 0.1) is 0 Å². The number of benzene rings is 1. The Labute approximate surface area is 106 Å². The molecule has 0 aliphatic heterocycles. The molecule has 0 heterocycles. The van der Waals surface area contributed by atoms with Crippen LogP contribution in [0.1, 0.15) is 25.3 Å². The van der Waals surface area contributed by atoms with Gasteiger partial charge in [-0.2, -0.15) is 0 Å². The fourth-order valence-electron chi connectivity index (χ4n) is 1.23. The molecule has 1 aromatic rings. The van der Waals surface area contributed by atoms with Gasteiger partial charge in [0.25, 0.3) is 0 Å². The Bertz CT molecular complexity index is 378. The van der Waals surface area contributed by atoms with E-state index >= 15 is 0 Å². The highest BCUT2D eigenvalue weighted by Crippen LogP contribution is 2.00. The molecule has 5 nitrogen and oxygen atoms in total. The monoisotopic (exact) mass is 251 g/mol. The minimum Gasteiger partial charge on any atom is -0.445 e. The predicted octanol–water partition coefficient (Wildman–Crippen LogP) is 2.21. The highest BCUT2D eigenvalue weighted by Gasteiger charge is 2.04. The number of carbonyl (C=O) groups is 2. The van der Waals surface area contributed by atoms with Gasteiger partial charge in [-0.1, -0.05) is 37.3 Å². The highest BCUT2D eigenvalue weighted by molar-refractivity contribution is 5.70. The molecule has 1 N–H and O–H groups in total. The number of rotatable bonds is 6. The summed E-state index contributed by atoms with van der Waals surface area (Å²) in [5.41, 5.74) is 0.899. The van der Waals surface area contributed by atoms with E-state index in [1.165, 1.54) is 0 Å². The Kier molecular flexibility index (Phi) is 6.32. The smallest absolute Gasteiger partial charge is 0.410 e. The Balaban J connectivity index is 2.13. The van der Waals surface area contributed by atoms with Gasteiger partial charge in [-0.25, -0.2) is 4.79 Å². The Morgan fingerprint density at radius 2 is 1.89 bits per heavy atom. The first-order chi connectivity index (χ1) is 8.72. The molecular formula is C13H17NO4. The summed E-state index contributed by atoms with van der Waals surface area (Å²) in [5.74, 6) is -0.333. The van der Waals surface area contributed by atoms with Crippen LogP contribution in [0.15, 0.2) is 30.3 Å². The van der Waals surface area contributed by atoms with Crippen molar-refractivity contribution < 1.29 is 19.1 Å².